The summed E-state index contributed by atoms with van der Waals surface area (Å²) < 4.78 is 1.89. The molecule has 0 bridgehead atoms. The first-order valence-corrected chi connectivity index (χ1v) is 9.95. The molecule has 1 aliphatic rings. The fourth-order valence-corrected chi connectivity index (χ4v) is 3.97. The van der Waals surface area contributed by atoms with Crippen molar-refractivity contribution in [1.82, 2.24) is 9.88 Å². The van der Waals surface area contributed by atoms with Gasteiger partial charge in [0.05, 0.1) is 5.52 Å². The van der Waals surface area contributed by atoms with Crippen LogP contribution in [0.5, 0.6) is 0 Å². The zero-order valence-electron chi connectivity index (χ0n) is 15.8. The van der Waals surface area contributed by atoms with Gasteiger partial charge >= 0.3 is 0 Å². The summed E-state index contributed by atoms with van der Waals surface area (Å²) in [6, 6.07) is 10.8. The van der Waals surface area contributed by atoms with Gasteiger partial charge in [-0.25, -0.2) is 0 Å². The van der Waals surface area contributed by atoms with Crippen LogP contribution >= 0.6 is 11.6 Å². The van der Waals surface area contributed by atoms with E-state index in [4.69, 9.17) is 22.4 Å². The Bertz CT molecular complexity index is 1140. The summed E-state index contributed by atoms with van der Waals surface area (Å²) in [5, 5.41) is 13.1. The largest absolute Gasteiger partial charge is 0.396 e. The fraction of sp³-hybridized carbons (Fsp3) is 0.273. The Kier molecular flexibility index (Phi) is 5.41. The first-order chi connectivity index (χ1) is 14.0. The number of hydrogen-bond donors (Lipinski definition) is 3. The van der Waals surface area contributed by atoms with Crippen LogP contribution in [0, 0.1) is 0 Å². The SMILES string of the molecule is NC1Cn2cc(C(=O)NCc3ccc(Cl)cc3)c(=O)c3cc(CCCO)cc1c32. The maximum Gasteiger partial charge on any atom is 0.257 e. The number of aromatic nitrogens is 1. The van der Waals surface area contributed by atoms with Crippen molar-refractivity contribution in [2.24, 2.45) is 5.73 Å². The smallest absolute Gasteiger partial charge is 0.257 e. The minimum atomic E-state index is -0.418. The summed E-state index contributed by atoms with van der Waals surface area (Å²) in [6.07, 6.45) is 2.86. The van der Waals surface area contributed by atoms with Crippen molar-refractivity contribution >= 4 is 28.4 Å². The number of hydrogen-bond acceptors (Lipinski definition) is 4. The van der Waals surface area contributed by atoms with Crippen molar-refractivity contribution in [3.8, 4) is 0 Å². The normalized spacial score (nSPS) is 15.1. The number of amides is 1. The van der Waals surface area contributed by atoms with Crippen LogP contribution in [0.15, 0.2) is 47.4 Å². The van der Waals surface area contributed by atoms with Gasteiger partial charge in [-0.15, -0.1) is 0 Å². The highest BCUT2D eigenvalue weighted by atomic mass is 35.5. The number of carbonyl (C=O) groups excluding carboxylic acids is 1. The molecule has 6 nitrogen and oxygen atoms in total. The number of aliphatic hydroxyl groups is 1. The minimum absolute atomic E-state index is 0.0802. The van der Waals surface area contributed by atoms with E-state index in [0.29, 0.717) is 36.3 Å². The van der Waals surface area contributed by atoms with Crippen molar-refractivity contribution in [1.29, 1.82) is 0 Å². The molecule has 1 atom stereocenters. The van der Waals surface area contributed by atoms with E-state index in [9.17, 15) is 9.59 Å². The molecule has 0 fully saturated rings. The van der Waals surface area contributed by atoms with E-state index >= 15 is 0 Å². The van der Waals surface area contributed by atoms with E-state index in [1.165, 1.54) is 0 Å². The highest BCUT2D eigenvalue weighted by molar-refractivity contribution is 6.30. The van der Waals surface area contributed by atoms with Gasteiger partial charge in [0, 0.05) is 42.3 Å². The number of nitrogens with two attached hydrogens (primary N) is 1. The van der Waals surface area contributed by atoms with Crippen molar-refractivity contribution in [2.45, 2.75) is 32.0 Å². The number of aliphatic hydroxyl groups excluding tert-OH is 1. The van der Waals surface area contributed by atoms with Crippen molar-refractivity contribution in [2.75, 3.05) is 6.61 Å². The standard InChI is InChI=1S/C22H22ClN3O3/c23-15-5-3-13(4-6-15)10-25-22(29)18-11-26-12-19(24)16-8-14(2-1-7-27)9-17(20(16)26)21(18)28/h3-6,8-9,11,19,27H,1-2,7,10,12,24H2,(H,25,29). The highest BCUT2D eigenvalue weighted by Crippen LogP contribution is 2.31. The van der Waals surface area contributed by atoms with Crippen LogP contribution in [0.25, 0.3) is 10.9 Å². The van der Waals surface area contributed by atoms with Gasteiger partial charge in [-0.2, -0.15) is 0 Å². The summed E-state index contributed by atoms with van der Waals surface area (Å²) in [5.74, 6) is -0.418. The summed E-state index contributed by atoms with van der Waals surface area (Å²) in [4.78, 5) is 25.9. The second kappa shape index (κ2) is 7.99. The molecule has 7 heteroatoms. The molecule has 0 saturated carbocycles. The molecule has 29 heavy (non-hydrogen) atoms. The first-order valence-electron chi connectivity index (χ1n) is 9.57. The Hall–Kier alpha value is -2.67. The van der Waals surface area contributed by atoms with E-state index in [0.717, 1.165) is 22.2 Å². The lowest BCUT2D eigenvalue weighted by Crippen LogP contribution is -2.29. The van der Waals surface area contributed by atoms with Crippen LogP contribution < -0.4 is 16.5 Å². The fourth-order valence-electron chi connectivity index (χ4n) is 3.84. The predicted molar refractivity (Wildman–Crippen MR) is 113 cm³/mol. The molecule has 4 N–H and O–H groups in total. The average molecular weight is 412 g/mol. The zero-order chi connectivity index (χ0) is 20.5. The Morgan fingerprint density at radius 3 is 2.72 bits per heavy atom. The number of halogens is 1. The number of benzene rings is 2. The number of aryl methyl sites for hydroxylation is 1. The monoisotopic (exact) mass is 411 g/mol. The Labute approximate surface area is 172 Å². The van der Waals surface area contributed by atoms with Crippen LogP contribution in [-0.4, -0.2) is 22.2 Å². The van der Waals surface area contributed by atoms with Gasteiger partial charge in [-0.05, 0) is 47.7 Å². The molecular formula is C22H22ClN3O3. The molecule has 0 radical (unpaired) electrons. The second-order valence-electron chi connectivity index (χ2n) is 7.35. The lowest BCUT2D eigenvalue weighted by Gasteiger charge is -2.11. The van der Waals surface area contributed by atoms with Gasteiger partial charge in [-0.1, -0.05) is 29.8 Å². The quantitative estimate of drug-likeness (QED) is 0.580. The molecule has 0 saturated heterocycles. The number of pyridine rings is 1. The van der Waals surface area contributed by atoms with Crippen LogP contribution in [0.1, 0.15) is 39.5 Å². The van der Waals surface area contributed by atoms with E-state index < -0.39 is 5.91 Å². The van der Waals surface area contributed by atoms with E-state index in [-0.39, 0.29) is 23.6 Å². The van der Waals surface area contributed by atoms with Crippen LogP contribution in [-0.2, 0) is 19.5 Å². The van der Waals surface area contributed by atoms with Crippen molar-refractivity contribution < 1.29 is 9.90 Å². The topological polar surface area (TPSA) is 97.4 Å². The maximum atomic E-state index is 13.1. The lowest BCUT2D eigenvalue weighted by molar-refractivity contribution is 0.0949. The van der Waals surface area contributed by atoms with Crippen LogP contribution in [0.3, 0.4) is 0 Å². The van der Waals surface area contributed by atoms with Gasteiger partial charge in [-0.3, -0.25) is 9.59 Å². The van der Waals surface area contributed by atoms with Crippen LogP contribution in [0.2, 0.25) is 5.02 Å². The first kappa shape index (κ1) is 19.6. The highest BCUT2D eigenvalue weighted by Gasteiger charge is 2.25. The number of nitrogens with one attached hydrogen (secondary N) is 1. The molecule has 1 aliphatic heterocycles. The van der Waals surface area contributed by atoms with E-state index in [2.05, 4.69) is 5.32 Å². The summed E-state index contributed by atoms with van der Waals surface area (Å²) in [7, 11) is 0. The minimum Gasteiger partial charge on any atom is -0.396 e. The third-order valence-corrected chi connectivity index (χ3v) is 5.54. The Morgan fingerprint density at radius 2 is 2.00 bits per heavy atom. The predicted octanol–water partition coefficient (Wildman–Crippen LogP) is 2.52. The molecule has 2 aromatic carbocycles. The molecule has 1 aromatic heterocycles. The van der Waals surface area contributed by atoms with Crippen molar-refractivity contribution in [3.63, 3.8) is 0 Å². The number of nitrogens with zero attached hydrogens (tertiary/aromatic N) is 1. The number of rotatable bonds is 6. The molecular weight excluding hydrogens is 390 g/mol. The average Bonchev–Trinajstić information content (AvgIpc) is 3.04. The van der Waals surface area contributed by atoms with E-state index in [1.54, 1.807) is 18.3 Å². The molecule has 0 aliphatic carbocycles. The molecule has 2 heterocycles. The third kappa shape index (κ3) is 3.79. The Morgan fingerprint density at radius 1 is 1.24 bits per heavy atom. The van der Waals surface area contributed by atoms with Gasteiger partial charge < -0.3 is 20.7 Å². The molecule has 150 valence electrons. The molecule has 1 amide bonds. The van der Waals surface area contributed by atoms with Crippen molar-refractivity contribution in [3.05, 3.63) is 80.1 Å². The van der Waals surface area contributed by atoms with Gasteiger partial charge in [0.1, 0.15) is 5.56 Å². The molecule has 0 spiro atoms. The Balaban J connectivity index is 1.69. The van der Waals surface area contributed by atoms with Gasteiger partial charge in [0.25, 0.3) is 5.91 Å². The van der Waals surface area contributed by atoms with Crippen LogP contribution in [0.4, 0.5) is 0 Å². The zero-order valence-corrected chi connectivity index (χ0v) is 16.6. The van der Waals surface area contributed by atoms with Gasteiger partial charge in [0.15, 0.2) is 0 Å². The molecule has 4 rings (SSSR count). The summed E-state index contributed by atoms with van der Waals surface area (Å²) in [6.45, 7) is 0.901. The summed E-state index contributed by atoms with van der Waals surface area (Å²) >= 11 is 5.89. The van der Waals surface area contributed by atoms with Gasteiger partial charge in [0.2, 0.25) is 5.43 Å². The molecule has 3 aromatic rings. The lowest BCUT2D eigenvalue weighted by atomic mass is 9.99. The van der Waals surface area contributed by atoms with E-state index in [1.807, 2.05) is 28.8 Å². The maximum absolute atomic E-state index is 13.1. The number of carbonyl (C=O) groups is 1. The third-order valence-electron chi connectivity index (χ3n) is 5.29. The summed E-state index contributed by atoms with van der Waals surface area (Å²) in [5.41, 5.74) is 9.63. The molecule has 1 unspecified atom stereocenters. The second-order valence-corrected chi connectivity index (χ2v) is 7.78.